The van der Waals surface area contributed by atoms with Crippen LogP contribution >= 0.6 is 0 Å². The van der Waals surface area contributed by atoms with E-state index in [9.17, 15) is 4.79 Å². The Morgan fingerprint density at radius 2 is 2.00 bits per heavy atom. The lowest BCUT2D eigenvalue weighted by molar-refractivity contribution is 0.0950. The number of carbonyl (C=O) groups excluding carboxylic acids is 1. The van der Waals surface area contributed by atoms with Gasteiger partial charge in [-0.25, -0.2) is 4.98 Å². The number of nitrogen functional groups attached to an aromatic ring is 1. The Morgan fingerprint density at radius 3 is 2.62 bits per heavy atom. The van der Waals surface area contributed by atoms with E-state index in [4.69, 9.17) is 10.5 Å². The number of methoxy groups -OCH3 is 1. The Labute approximate surface area is 124 Å². The summed E-state index contributed by atoms with van der Waals surface area (Å²) in [4.78, 5) is 16.3. The van der Waals surface area contributed by atoms with Gasteiger partial charge in [-0.05, 0) is 36.2 Å². The zero-order valence-corrected chi connectivity index (χ0v) is 12.2. The number of hydrogen-bond donors (Lipinski definition) is 2. The van der Waals surface area contributed by atoms with Crippen molar-refractivity contribution in [2.24, 2.45) is 0 Å². The fourth-order valence-electron chi connectivity index (χ4n) is 1.95. The number of amides is 1. The van der Waals surface area contributed by atoms with E-state index < -0.39 is 0 Å². The molecular formula is C16H19N3O2. The maximum atomic E-state index is 12.1. The second-order valence-corrected chi connectivity index (χ2v) is 4.66. The minimum absolute atomic E-state index is 0.158. The summed E-state index contributed by atoms with van der Waals surface area (Å²) in [6.07, 6.45) is 0.740. The fourth-order valence-corrected chi connectivity index (χ4v) is 1.95. The van der Waals surface area contributed by atoms with Gasteiger partial charge in [0.25, 0.3) is 5.91 Å². The summed E-state index contributed by atoms with van der Waals surface area (Å²) in [5, 5.41) is 2.87. The minimum atomic E-state index is -0.158. The molecule has 1 amide bonds. The molecule has 0 aliphatic rings. The molecule has 5 heteroatoms. The van der Waals surface area contributed by atoms with Gasteiger partial charge >= 0.3 is 0 Å². The molecule has 0 aliphatic heterocycles. The van der Waals surface area contributed by atoms with Crippen molar-refractivity contribution in [2.75, 3.05) is 12.8 Å². The van der Waals surface area contributed by atoms with Crippen LogP contribution in [-0.2, 0) is 13.0 Å². The lowest BCUT2D eigenvalue weighted by Crippen LogP contribution is -2.23. The normalized spacial score (nSPS) is 10.2. The van der Waals surface area contributed by atoms with E-state index >= 15 is 0 Å². The maximum Gasteiger partial charge on any atom is 0.251 e. The molecule has 0 atom stereocenters. The highest BCUT2D eigenvalue weighted by atomic mass is 16.5. The molecule has 1 aromatic heterocycles. The highest BCUT2D eigenvalue weighted by molar-refractivity contribution is 5.94. The van der Waals surface area contributed by atoms with Crippen molar-refractivity contribution in [3.63, 3.8) is 0 Å². The van der Waals surface area contributed by atoms with Gasteiger partial charge in [-0.2, -0.15) is 0 Å². The number of anilines is 1. The van der Waals surface area contributed by atoms with Gasteiger partial charge < -0.3 is 15.8 Å². The summed E-state index contributed by atoms with van der Waals surface area (Å²) in [5.41, 5.74) is 8.05. The third-order valence-corrected chi connectivity index (χ3v) is 3.13. The Morgan fingerprint density at radius 1 is 1.29 bits per heavy atom. The molecular weight excluding hydrogens is 266 g/mol. The molecule has 1 heterocycles. The van der Waals surface area contributed by atoms with E-state index in [1.54, 1.807) is 19.2 Å². The molecule has 2 rings (SSSR count). The Kier molecular flexibility index (Phi) is 4.77. The molecule has 0 unspecified atom stereocenters. The van der Waals surface area contributed by atoms with Crippen molar-refractivity contribution in [2.45, 2.75) is 19.9 Å². The Bertz CT molecular complexity index is 624. The van der Waals surface area contributed by atoms with Crippen molar-refractivity contribution in [1.29, 1.82) is 0 Å². The highest BCUT2D eigenvalue weighted by Crippen LogP contribution is 2.12. The van der Waals surface area contributed by atoms with Crippen LogP contribution in [0.1, 0.15) is 28.5 Å². The molecule has 2 aromatic rings. The number of hydrogen-bond acceptors (Lipinski definition) is 4. The van der Waals surface area contributed by atoms with Crippen LogP contribution in [0.5, 0.6) is 5.75 Å². The number of nitrogens with two attached hydrogens (primary N) is 1. The first-order valence-corrected chi connectivity index (χ1v) is 6.80. The van der Waals surface area contributed by atoms with E-state index in [2.05, 4.69) is 10.3 Å². The van der Waals surface area contributed by atoms with E-state index in [-0.39, 0.29) is 5.91 Å². The third kappa shape index (κ3) is 3.95. The number of nitrogens with one attached hydrogen (secondary N) is 1. The summed E-state index contributed by atoms with van der Waals surface area (Å²) in [7, 11) is 1.62. The second-order valence-electron chi connectivity index (χ2n) is 4.66. The lowest BCUT2D eigenvalue weighted by Gasteiger charge is -2.08. The Balaban J connectivity index is 2.02. The minimum Gasteiger partial charge on any atom is -0.497 e. The van der Waals surface area contributed by atoms with Crippen LogP contribution in [-0.4, -0.2) is 18.0 Å². The maximum absolute atomic E-state index is 12.1. The van der Waals surface area contributed by atoms with Gasteiger partial charge in [0.2, 0.25) is 0 Å². The largest absolute Gasteiger partial charge is 0.497 e. The zero-order chi connectivity index (χ0) is 15.2. The van der Waals surface area contributed by atoms with Crippen LogP contribution in [0.4, 0.5) is 5.82 Å². The van der Waals surface area contributed by atoms with Gasteiger partial charge in [-0.3, -0.25) is 4.79 Å². The molecule has 110 valence electrons. The summed E-state index contributed by atoms with van der Waals surface area (Å²) in [6.45, 7) is 2.42. The average molecular weight is 285 g/mol. The van der Waals surface area contributed by atoms with Crippen molar-refractivity contribution in [3.05, 3.63) is 53.2 Å². The zero-order valence-electron chi connectivity index (χ0n) is 12.2. The molecule has 1 aromatic carbocycles. The fraction of sp³-hybridized carbons (Fsp3) is 0.250. The van der Waals surface area contributed by atoms with Gasteiger partial charge in [-0.15, -0.1) is 0 Å². The summed E-state index contributed by atoms with van der Waals surface area (Å²) >= 11 is 0. The van der Waals surface area contributed by atoms with E-state index in [0.29, 0.717) is 17.9 Å². The smallest absolute Gasteiger partial charge is 0.251 e. The van der Waals surface area contributed by atoms with Gasteiger partial charge in [-0.1, -0.05) is 19.1 Å². The number of aryl methyl sites for hydroxylation is 1. The SMILES string of the molecule is CCc1cc(C(=O)NCc2ccc(OC)cc2)cc(N)n1. The quantitative estimate of drug-likeness (QED) is 0.882. The molecule has 0 bridgehead atoms. The standard InChI is InChI=1S/C16H19N3O2/c1-3-13-8-12(9-15(17)19-13)16(20)18-10-11-4-6-14(21-2)7-5-11/h4-9H,3,10H2,1-2H3,(H2,17,19)(H,18,20). The van der Waals surface area contributed by atoms with Crippen LogP contribution < -0.4 is 15.8 Å². The predicted octanol–water partition coefficient (Wildman–Crippen LogP) is 2.16. The first-order valence-electron chi connectivity index (χ1n) is 6.80. The van der Waals surface area contributed by atoms with Gasteiger partial charge in [0.1, 0.15) is 11.6 Å². The average Bonchev–Trinajstić information content (AvgIpc) is 2.52. The van der Waals surface area contributed by atoms with E-state index in [1.807, 2.05) is 31.2 Å². The number of pyridine rings is 1. The predicted molar refractivity (Wildman–Crippen MR) is 82.2 cm³/mol. The number of aromatic nitrogens is 1. The molecule has 5 nitrogen and oxygen atoms in total. The number of benzene rings is 1. The van der Waals surface area contributed by atoms with Gasteiger partial charge in [0.05, 0.1) is 7.11 Å². The van der Waals surface area contributed by atoms with Gasteiger partial charge in [0.15, 0.2) is 0 Å². The summed E-state index contributed by atoms with van der Waals surface area (Å²) < 4.78 is 5.09. The summed E-state index contributed by atoms with van der Waals surface area (Å²) in [5.74, 6) is 0.998. The molecule has 0 fully saturated rings. The van der Waals surface area contributed by atoms with Gasteiger partial charge in [0, 0.05) is 17.8 Å². The van der Waals surface area contributed by atoms with Crippen LogP contribution in [0.15, 0.2) is 36.4 Å². The number of rotatable bonds is 5. The van der Waals surface area contributed by atoms with Crippen molar-refractivity contribution >= 4 is 11.7 Å². The second kappa shape index (κ2) is 6.74. The molecule has 0 aliphatic carbocycles. The number of nitrogens with zero attached hydrogens (tertiary/aromatic N) is 1. The lowest BCUT2D eigenvalue weighted by atomic mass is 10.1. The topological polar surface area (TPSA) is 77.2 Å². The molecule has 0 radical (unpaired) electrons. The van der Waals surface area contributed by atoms with Crippen LogP contribution in [0, 0.1) is 0 Å². The first kappa shape index (κ1) is 14.8. The highest BCUT2D eigenvalue weighted by Gasteiger charge is 2.08. The first-order chi connectivity index (χ1) is 10.1. The molecule has 0 saturated carbocycles. The van der Waals surface area contributed by atoms with Crippen LogP contribution in [0.3, 0.4) is 0 Å². The monoisotopic (exact) mass is 285 g/mol. The molecule has 0 spiro atoms. The van der Waals surface area contributed by atoms with Crippen molar-refractivity contribution < 1.29 is 9.53 Å². The van der Waals surface area contributed by atoms with Crippen molar-refractivity contribution in [1.82, 2.24) is 10.3 Å². The Hall–Kier alpha value is -2.56. The molecule has 0 saturated heterocycles. The number of carbonyl (C=O) groups is 1. The summed E-state index contributed by atoms with van der Waals surface area (Å²) in [6, 6.07) is 10.9. The van der Waals surface area contributed by atoms with Crippen molar-refractivity contribution in [3.8, 4) is 5.75 Å². The molecule has 3 N–H and O–H groups in total. The third-order valence-electron chi connectivity index (χ3n) is 3.13. The van der Waals surface area contributed by atoms with Crippen LogP contribution in [0.2, 0.25) is 0 Å². The van der Waals surface area contributed by atoms with E-state index in [1.165, 1.54) is 0 Å². The number of ether oxygens (including phenoxy) is 1. The molecule has 21 heavy (non-hydrogen) atoms. The van der Waals surface area contributed by atoms with Crippen LogP contribution in [0.25, 0.3) is 0 Å². The van der Waals surface area contributed by atoms with E-state index in [0.717, 1.165) is 23.4 Å².